The predicted molar refractivity (Wildman–Crippen MR) is 109 cm³/mol. The molecule has 0 atom stereocenters. The molecule has 0 spiro atoms. The Morgan fingerprint density at radius 3 is 2.64 bits per heavy atom. The van der Waals surface area contributed by atoms with Gasteiger partial charge < -0.3 is 15.5 Å². The second-order valence-corrected chi connectivity index (χ2v) is 6.51. The standard InChI is InChI=1S/C15H29N5S.HI/c1-6-16-14(17-9-7-8-12(2)3)18-10-13-11-21-15(19-13)20(4)5;/h11-12H,6-10H2,1-5H3,(H2,16,17,18);1H. The number of aromatic nitrogens is 1. The fourth-order valence-corrected chi connectivity index (χ4v) is 2.54. The zero-order valence-corrected chi connectivity index (χ0v) is 17.5. The first-order valence-corrected chi connectivity index (χ1v) is 8.54. The lowest BCUT2D eigenvalue weighted by molar-refractivity contribution is 0.549. The van der Waals surface area contributed by atoms with Crippen LogP contribution in [0.5, 0.6) is 0 Å². The fraction of sp³-hybridized carbons (Fsp3) is 0.733. The van der Waals surface area contributed by atoms with Crippen LogP contribution in [0.1, 0.15) is 39.3 Å². The highest BCUT2D eigenvalue weighted by Gasteiger charge is 2.04. The van der Waals surface area contributed by atoms with Crippen molar-refractivity contribution in [2.24, 2.45) is 10.9 Å². The van der Waals surface area contributed by atoms with Gasteiger partial charge in [-0.3, -0.25) is 0 Å². The minimum Gasteiger partial charge on any atom is -0.357 e. The maximum atomic E-state index is 4.59. The van der Waals surface area contributed by atoms with Gasteiger partial charge in [-0.15, -0.1) is 35.3 Å². The van der Waals surface area contributed by atoms with E-state index in [1.165, 1.54) is 12.8 Å². The highest BCUT2D eigenvalue weighted by atomic mass is 127. The van der Waals surface area contributed by atoms with E-state index in [0.29, 0.717) is 6.54 Å². The van der Waals surface area contributed by atoms with Crippen LogP contribution in [0.3, 0.4) is 0 Å². The van der Waals surface area contributed by atoms with Crippen LogP contribution < -0.4 is 15.5 Å². The molecular formula is C15H30IN5S. The average Bonchev–Trinajstić information content (AvgIpc) is 2.89. The number of guanidine groups is 1. The summed E-state index contributed by atoms with van der Waals surface area (Å²) in [5.41, 5.74) is 1.02. The van der Waals surface area contributed by atoms with Crippen molar-refractivity contribution >= 4 is 46.4 Å². The van der Waals surface area contributed by atoms with Crippen molar-refractivity contribution in [3.05, 3.63) is 11.1 Å². The molecule has 0 aliphatic rings. The lowest BCUT2D eigenvalue weighted by Crippen LogP contribution is -2.37. The van der Waals surface area contributed by atoms with Crippen LogP contribution in [0.4, 0.5) is 5.13 Å². The number of hydrogen-bond donors (Lipinski definition) is 2. The minimum absolute atomic E-state index is 0. The minimum atomic E-state index is 0. The number of thiazole rings is 1. The summed E-state index contributed by atoms with van der Waals surface area (Å²) in [6.45, 7) is 9.04. The van der Waals surface area contributed by atoms with Crippen LogP contribution in [0, 0.1) is 5.92 Å². The number of halogens is 1. The van der Waals surface area contributed by atoms with E-state index in [2.05, 4.69) is 46.8 Å². The number of aliphatic imine (C=N–C) groups is 1. The lowest BCUT2D eigenvalue weighted by Gasteiger charge is -2.11. The summed E-state index contributed by atoms with van der Waals surface area (Å²) in [5.74, 6) is 1.63. The van der Waals surface area contributed by atoms with Gasteiger partial charge in [0.2, 0.25) is 0 Å². The number of nitrogens with one attached hydrogen (secondary N) is 2. The molecule has 0 fully saturated rings. The van der Waals surface area contributed by atoms with Gasteiger partial charge >= 0.3 is 0 Å². The Morgan fingerprint density at radius 2 is 2.09 bits per heavy atom. The summed E-state index contributed by atoms with van der Waals surface area (Å²) in [5, 5.41) is 9.75. The third-order valence-corrected chi connectivity index (χ3v) is 3.97. The number of rotatable bonds is 8. The number of hydrogen-bond acceptors (Lipinski definition) is 4. The highest BCUT2D eigenvalue weighted by Crippen LogP contribution is 2.18. The summed E-state index contributed by atoms with van der Waals surface area (Å²) in [6, 6.07) is 0. The maximum absolute atomic E-state index is 4.59. The third kappa shape index (κ3) is 8.77. The second kappa shape index (κ2) is 11.9. The van der Waals surface area contributed by atoms with Crippen molar-refractivity contribution in [3.8, 4) is 0 Å². The van der Waals surface area contributed by atoms with Crippen molar-refractivity contribution in [2.45, 2.75) is 40.2 Å². The summed E-state index contributed by atoms with van der Waals surface area (Å²) in [7, 11) is 4.01. The van der Waals surface area contributed by atoms with Crippen molar-refractivity contribution in [2.75, 3.05) is 32.1 Å². The lowest BCUT2D eigenvalue weighted by atomic mass is 10.1. The van der Waals surface area contributed by atoms with Crippen molar-refractivity contribution in [1.29, 1.82) is 0 Å². The quantitative estimate of drug-likeness (QED) is 0.283. The average molecular weight is 439 g/mol. The molecule has 0 amide bonds. The molecule has 0 saturated carbocycles. The van der Waals surface area contributed by atoms with Crippen LogP contribution in [-0.4, -0.2) is 38.1 Å². The van der Waals surface area contributed by atoms with Crippen LogP contribution >= 0.6 is 35.3 Å². The molecule has 22 heavy (non-hydrogen) atoms. The van der Waals surface area contributed by atoms with E-state index < -0.39 is 0 Å². The van der Waals surface area contributed by atoms with Gasteiger partial charge in [0.25, 0.3) is 0 Å². The van der Waals surface area contributed by atoms with E-state index in [9.17, 15) is 0 Å². The van der Waals surface area contributed by atoms with E-state index in [4.69, 9.17) is 0 Å². The second-order valence-electron chi connectivity index (χ2n) is 5.67. The van der Waals surface area contributed by atoms with Gasteiger partial charge in [0.15, 0.2) is 11.1 Å². The molecule has 0 bridgehead atoms. The van der Waals surface area contributed by atoms with Gasteiger partial charge in [-0.2, -0.15) is 0 Å². The predicted octanol–water partition coefficient (Wildman–Crippen LogP) is 3.32. The summed E-state index contributed by atoms with van der Waals surface area (Å²) in [6.07, 6.45) is 2.41. The first kappa shape index (κ1) is 21.4. The van der Waals surface area contributed by atoms with E-state index in [1.54, 1.807) is 11.3 Å². The van der Waals surface area contributed by atoms with E-state index in [0.717, 1.165) is 35.8 Å². The van der Waals surface area contributed by atoms with Crippen LogP contribution in [-0.2, 0) is 6.54 Å². The Hall–Kier alpha value is -0.570. The summed E-state index contributed by atoms with van der Waals surface area (Å²) >= 11 is 1.65. The molecule has 0 radical (unpaired) electrons. The molecule has 1 rings (SSSR count). The molecule has 7 heteroatoms. The van der Waals surface area contributed by atoms with Crippen LogP contribution in [0.15, 0.2) is 10.4 Å². The Balaban J connectivity index is 0.00000441. The molecule has 128 valence electrons. The van der Waals surface area contributed by atoms with E-state index >= 15 is 0 Å². The summed E-state index contributed by atoms with van der Waals surface area (Å²) in [4.78, 5) is 11.2. The first-order chi connectivity index (χ1) is 10.0. The maximum Gasteiger partial charge on any atom is 0.191 e. The Labute approximate surface area is 156 Å². The topological polar surface area (TPSA) is 52.6 Å². The van der Waals surface area contributed by atoms with Gasteiger partial charge in [-0.05, 0) is 25.7 Å². The van der Waals surface area contributed by atoms with Crippen molar-refractivity contribution < 1.29 is 0 Å². The van der Waals surface area contributed by atoms with Gasteiger partial charge in [-0.25, -0.2) is 9.98 Å². The molecule has 0 saturated heterocycles. The normalized spacial score (nSPS) is 11.3. The molecular weight excluding hydrogens is 409 g/mol. The zero-order valence-electron chi connectivity index (χ0n) is 14.3. The molecule has 2 N–H and O–H groups in total. The molecule has 0 unspecified atom stereocenters. The van der Waals surface area contributed by atoms with Gasteiger partial charge in [0.1, 0.15) is 0 Å². The van der Waals surface area contributed by atoms with Crippen molar-refractivity contribution in [1.82, 2.24) is 15.6 Å². The van der Waals surface area contributed by atoms with Gasteiger partial charge in [-0.1, -0.05) is 13.8 Å². The van der Waals surface area contributed by atoms with E-state index in [1.807, 2.05) is 19.0 Å². The molecule has 0 aliphatic carbocycles. The molecule has 1 heterocycles. The first-order valence-electron chi connectivity index (χ1n) is 7.66. The number of anilines is 1. The molecule has 0 aliphatic heterocycles. The molecule has 5 nitrogen and oxygen atoms in total. The molecule has 1 aromatic rings. The van der Waals surface area contributed by atoms with Gasteiger partial charge in [0, 0.05) is 32.6 Å². The third-order valence-electron chi connectivity index (χ3n) is 2.92. The highest BCUT2D eigenvalue weighted by molar-refractivity contribution is 14.0. The smallest absolute Gasteiger partial charge is 0.191 e. The van der Waals surface area contributed by atoms with E-state index in [-0.39, 0.29) is 24.0 Å². The largest absolute Gasteiger partial charge is 0.357 e. The fourth-order valence-electron chi connectivity index (χ4n) is 1.79. The van der Waals surface area contributed by atoms with Crippen LogP contribution in [0.25, 0.3) is 0 Å². The van der Waals surface area contributed by atoms with Gasteiger partial charge in [0.05, 0.1) is 12.2 Å². The Bertz CT molecular complexity index is 431. The van der Waals surface area contributed by atoms with Crippen LogP contribution in [0.2, 0.25) is 0 Å². The summed E-state index contributed by atoms with van der Waals surface area (Å²) < 4.78 is 0. The molecule has 1 aromatic heterocycles. The number of nitrogens with zero attached hydrogens (tertiary/aromatic N) is 3. The molecule has 0 aromatic carbocycles. The van der Waals surface area contributed by atoms with Crippen molar-refractivity contribution in [3.63, 3.8) is 0 Å². The zero-order chi connectivity index (χ0) is 15.7. The monoisotopic (exact) mass is 439 g/mol. The SMILES string of the molecule is CCNC(=NCc1csc(N(C)C)n1)NCCCC(C)C.I. The Morgan fingerprint density at radius 1 is 1.36 bits per heavy atom. The Kier molecular flexibility index (Phi) is 11.6.